The predicted octanol–water partition coefficient (Wildman–Crippen LogP) is 3.44. The maximum Gasteiger partial charge on any atom is 0.407 e. The first-order valence-electron chi connectivity index (χ1n) is 11.8. The fourth-order valence-electron chi connectivity index (χ4n) is 4.29. The first-order chi connectivity index (χ1) is 16.8. The van der Waals surface area contributed by atoms with E-state index in [1.807, 2.05) is 13.8 Å². The summed E-state index contributed by atoms with van der Waals surface area (Å²) in [6.07, 6.45) is 1.11. The van der Waals surface area contributed by atoms with E-state index in [-0.39, 0.29) is 29.9 Å². The Kier molecular flexibility index (Phi) is 7.67. The van der Waals surface area contributed by atoms with Crippen molar-refractivity contribution in [2.75, 3.05) is 23.8 Å². The zero-order chi connectivity index (χ0) is 24.9. The van der Waals surface area contributed by atoms with Crippen molar-refractivity contribution in [1.82, 2.24) is 15.5 Å². The SMILES string of the molecule is CC(=O)Nc1ccc(C(=O)Nc2cc([C@H]3CC[C@@H](OC(=O)NC(C)C)C3)[nH]n2)cc1C1OCCO1. The molecule has 35 heavy (non-hydrogen) atoms. The van der Waals surface area contributed by atoms with Gasteiger partial charge in [-0.05, 0) is 51.3 Å². The van der Waals surface area contributed by atoms with Crippen LogP contribution >= 0.6 is 0 Å². The molecule has 188 valence electrons. The number of carbonyl (C=O) groups excluding carboxylic acids is 3. The van der Waals surface area contributed by atoms with E-state index in [0.717, 1.165) is 18.5 Å². The molecule has 4 N–H and O–H groups in total. The number of hydrogen-bond donors (Lipinski definition) is 4. The molecule has 2 aromatic rings. The third-order valence-electron chi connectivity index (χ3n) is 5.84. The lowest BCUT2D eigenvalue weighted by Crippen LogP contribution is -2.33. The molecule has 0 spiro atoms. The van der Waals surface area contributed by atoms with E-state index in [9.17, 15) is 14.4 Å². The number of alkyl carbamates (subject to hydrolysis) is 1. The molecule has 0 bridgehead atoms. The average Bonchev–Trinajstić information content (AvgIpc) is 3.55. The van der Waals surface area contributed by atoms with E-state index < -0.39 is 12.4 Å². The maximum atomic E-state index is 12.9. The highest BCUT2D eigenvalue weighted by Gasteiger charge is 2.30. The Morgan fingerprint density at radius 1 is 1.11 bits per heavy atom. The molecule has 3 amide bonds. The molecule has 0 unspecified atom stereocenters. The lowest BCUT2D eigenvalue weighted by atomic mass is 10.0. The van der Waals surface area contributed by atoms with Gasteiger partial charge in [0, 0.05) is 47.5 Å². The zero-order valence-electron chi connectivity index (χ0n) is 20.1. The Hall–Kier alpha value is -3.44. The van der Waals surface area contributed by atoms with Crippen molar-refractivity contribution >= 4 is 29.4 Å². The fourth-order valence-corrected chi connectivity index (χ4v) is 4.29. The van der Waals surface area contributed by atoms with Crippen LogP contribution in [0.1, 0.15) is 73.9 Å². The third kappa shape index (κ3) is 6.37. The number of nitrogens with zero attached hydrogens (tertiary/aromatic N) is 1. The Bertz CT molecular complexity index is 1080. The lowest BCUT2D eigenvalue weighted by Gasteiger charge is -2.16. The number of H-pyrrole nitrogens is 1. The summed E-state index contributed by atoms with van der Waals surface area (Å²) in [6, 6.07) is 6.74. The van der Waals surface area contributed by atoms with E-state index in [4.69, 9.17) is 14.2 Å². The average molecular weight is 486 g/mol. The maximum absolute atomic E-state index is 12.9. The summed E-state index contributed by atoms with van der Waals surface area (Å²) in [4.78, 5) is 36.3. The second-order valence-corrected chi connectivity index (χ2v) is 9.06. The molecule has 2 fully saturated rings. The van der Waals surface area contributed by atoms with Crippen LogP contribution in [-0.4, -0.2) is 53.5 Å². The number of hydrogen-bond acceptors (Lipinski definition) is 7. The van der Waals surface area contributed by atoms with Gasteiger partial charge < -0.3 is 30.2 Å². The molecular weight excluding hydrogens is 454 g/mol. The summed E-state index contributed by atoms with van der Waals surface area (Å²) in [7, 11) is 0. The first kappa shape index (κ1) is 24.7. The monoisotopic (exact) mass is 485 g/mol. The molecule has 1 aliphatic heterocycles. The van der Waals surface area contributed by atoms with Gasteiger partial charge >= 0.3 is 6.09 Å². The summed E-state index contributed by atoms with van der Waals surface area (Å²) in [5.74, 6) is -0.0294. The Morgan fingerprint density at radius 2 is 1.89 bits per heavy atom. The van der Waals surface area contributed by atoms with E-state index in [2.05, 4.69) is 26.1 Å². The number of rotatable bonds is 7. The molecular formula is C24H31N5O6. The molecule has 11 heteroatoms. The van der Waals surface area contributed by atoms with Crippen LogP contribution in [0, 0.1) is 0 Å². The molecule has 1 saturated carbocycles. The van der Waals surface area contributed by atoms with Crippen molar-refractivity contribution in [3.8, 4) is 0 Å². The third-order valence-corrected chi connectivity index (χ3v) is 5.84. The quantitative estimate of drug-likeness (QED) is 0.470. The zero-order valence-corrected chi connectivity index (χ0v) is 20.1. The largest absolute Gasteiger partial charge is 0.446 e. The van der Waals surface area contributed by atoms with Crippen molar-refractivity contribution in [2.45, 2.75) is 64.4 Å². The molecule has 1 aliphatic carbocycles. The number of amides is 3. The normalized spacial score (nSPS) is 20.1. The number of nitrogens with one attached hydrogen (secondary N) is 4. The smallest absolute Gasteiger partial charge is 0.407 e. The van der Waals surface area contributed by atoms with Gasteiger partial charge in [0.2, 0.25) is 5.91 Å². The van der Waals surface area contributed by atoms with E-state index in [0.29, 0.717) is 42.3 Å². The first-order valence-corrected chi connectivity index (χ1v) is 11.8. The minimum Gasteiger partial charge on any atom is -0.446 e. The van der Waals surface area contributed by atoms with Gasteiger partial charge in [-0.1, -0.05) is 0 Å². The molecule has 0 radical (unpaired) electrons. The van der Waals surface area contributed by atoms with Crippen LogP contribution < -0.4 is 16.0 Å². The number of aromatic amines is 1. The summed E-state index contributed by atoms with van der Waals surface area (Å²) in [6.45, 7) is 6.05. The van der Waals surface area contributed by atoms with E-state index in [1.54, 1.807) is 24.3 Å². The van der Waals surface area contributed by atoms with Gasteiger partial charge in [0.1, 0.15) is 6.10 Å². The molecule has 4 rings (SSSR count). The van der Waals surface area contributed by atoms with Gasteiger partial charge in [-0.25, -0.2) is 4.79 Å². The Labute approximate surface area is 203 Å². The molecule has 1 aromatic heterocycles. The predicted molar refractivity (Wildman–Crippen MR) is 127 cm³/mol. The van der Waals surface area contributed by atoms with Gasteiger partial charge in [-0.3, -0.25) is 14.7 Å². The number of anilines is 2. The summed E-state index contributed by atoms with van der Waals surface area (Å²) in [5, 5.41) is 15.5. The van der Waals surface area contributed by atoms with Gasteiger partial charge in [-0.2, -0.15) is 5.10 Å². The lowest BCUT2D eigenvalue weighted by molar-refractivity contribution is -0.114. The van der Waals surface area contributed by atoms with Crippen molar-refractivity contribution < 1.29 is 28.6 Å². The van der Waals surface area contributed by atoms with Crippen LogP contribution in [0.5, 0.6) is 0 Å². The highest BCUT2D eigenvalue weighted by atomic mass is 16.7. The number of benzene rings is 1. The van der Waals surface area contributed by atoms with Gasteiger partial charge in [0.25, 0.3) is 5.91 Å². The molecule has 11 nitrogen and oxygen atoms in total. The molecule has 2 atom stereocenters. The Morgan fingerprint density at radius 3 is 2.60 bits per heavy atom. The highest BCUT2D eigenvalue weighted by molar-refractivity contribution is 6.04. The van der Waals surface area contributed by atoms with Crippen molar-refractivity contribution in [3.63, 3.8) is 0 Å². The van der Waals surface area contributed by atoms with Crippen molar-refractivity contribution in [3.05, 3.63) is 41.1 Å². The number of aromatic nitrogens is 2. The second-order valence-electron chi connectivity index (χ2n) is 9.06. The topological polar surface area (TPSA) is 144 Å². The molecule has 2 aliphatic rings. The van der Waals surface area contributed by atoms with Crippen LogP contribution in [0.2, 0.25) is 0 Å². The number of ether oxygens (including phenoxy) is 3. The molecule has 1 aromatic carbocycles. The van der Waals surface area contributed by atoms with Gasteiger partial charge in [0.15, 0.2) is 12.1 Å². The summed E-state index contributed by atoms with van der Waals surface area (Å²) >= 11 is 0. The molecule has 2 heterocycles. The fraction of sp³-hybridized carbons (Fsp3) is 0.500. The van der Waals surface area contributed by atoms with Crippen LogP contribution in [0.4, 0.5) is 16.3 Å². The molecule has 1 saturated heterocycles. The minimum atomic E-state index is -0.651. The van der Waals surface area contributed by atoms with Crippen molar-refractivity contribution in [1.29, 1.82) is 0 Å². The number of carbonyl (C=O) groups is 3. The van der Waals surface area contributed by atoms with Crippen LogP contribution in [-0.2, 0) is 19.0 Å². The van der Waals surface area contributed by atoms with Gasteiger partial charge in [-0.15, -0.1) is 0 Å². The van der Waals surface area contributed by atoms with E-state index >= 15 is 0 Å². The Balaban J connectivity index is 1.39. The standard InChI is InChI=1S/C24H31N5O6/c1-13(2)25-24(32)35-17-6-4-15(10-17)20-12-21(29-28-20)27-22(31)16-5-7-19(26-14(3)30)18(11-16)23-33-8-9-34-23/h5,7,11-13,15,17,23H,4,6,8-10H2,1-3H3,(H,25,32)(H,26,30)(H2,27,28,29,31)/t15-,17+/m0/s1. The second kappa shape index (κ2) is 10.9. The minimum absolute atomic E-state index is 0.0226. The van der Waals surface area contributed by atoms with Crippen molar-refractivity contribution in [2.24, 2.45) is 0 Å². The summed E-state index contributed by atoms with van der Waals surface area (Å²) < 4.78 is 16.6. The van der Waals surface area contributed by atoms with Crippen LogP contribution in [0.25, 0.3) is 0 Å². The summed E-state index contributed by atoms with van der Waals surface area (Å²) in [5.41, 5.74) is 2.36. The van der Waals surface area contributed by atoms with Crippen LogP contribution in [0.15, 0.2) is 24.3 Å². The van der Waals surface area contributed by atoms with E-state index in [1.165, 1.54) is 6.92 Å². The van der Waals surface area contributed by atoms with Gasteiger partial charge in [0.05, 0.1) is 13.2 Å². The highest BCUT2D eigenvalue weighted by Crippen LogP contribution is 2.36. The van der Waals surface area contributed by atoms with Crippen LogP contribution in [0.3, 0.4) is 0 Å².